The molecule has 0 unspecified atom stereocenters. The summed E-state index contributed by atoms with van der Waals surface area (Å²) < 4.78 is 5.57. The minimum atomic E-state index is -0.493. The first kappa shape index (κ1) is 16.5. The van der Waals surface area contributed by atoms with Gasteiger partial charge in [0.25, 0.3) is 0 Å². The Hall–Kier alpha value is -2.33. The molecule has 0 saturated carbocycles. The molecule has 3 rings (SSSR count). The molecule has 4 nitrogen and oxygen atoms in total. The summed E-state index contributed by atoms with van der Waals surface area (Å²) in [6, 6.07) is 12.8. The highest BCUT2D eigenvalue weighted by Crippen LogP contribution is 2.32. The number of carbonyl (C=O) groups excluding carboxylic acids is 2. The van der Waals surface area contributed by atoms with Crippen molar-refractivity contribution in [2.24, 2.45) is 5.92 Å². The average Bonchev–Trinajstić information content (AvgIpc) is 2.93. The number of aryl methyl sites for hydroxylation is 2. The molecule has 1 aliphatic heterocycles. The van der Waals surface area contributed by atoms with Gasteiger partial charge in [0.2, 0.25) is 5.91 Å². The first-order valence-electron chi connectivity index (χ1n) is 7.80. The summed E-state index contributed by atoms with van der Waals surface area (Å²) in [4.78, 5) is 26.3. The first-order valence-corrected chi connectivity index (χ1v) is 8.18. The van der Waals surface area contributed by atoms with Gasteiger partial charge in [0, 0.05) is 13.0 Å². The summed E-state index contributed by atoms with van der Waals surface area (Å²) in [5, 5.41) is 0.495. The van der Waals surface area contributed by atoms with Gasteiger partial charge in [0.1, 0.15) is 5.75 Å². The van der Waals surface area contributed by atoms with E-state index in [1.54, 1.807) is 23.1 Å². The number of esters is 1. The van der Waals surface area contributed by atoms with Gasteiger partial charge in [0.05, 0.1) is 16.6 Å². The molecule has 5 heteroatoms. The van der Waals surface area contributed by atoms with Crippen molar-refractivity contribution >= 4 is 29.2 Å². The number of hydrogen-bond acceptors (Lipinski definition) is 3. The lowest BCUT2D eigenvalue weighted by molar-refractivity contribution is -0.139. The van der Waals surface area contributed by atoms with E-state index in [9.17, 15) is 9.59 Å². The predicted molar refractivity (Wildman–Crippen MR) is 93.5 cm³/mol. The molecule has 1 amide bonds. The van der Waals surface area contributed by atoms with Crippen LogP contribution in [0, 0.1) is 19.8 Å². The summed E-state index contributed by atoms with van der Waals surface area (Å²) in [5.74, 6) is -0.416. The zero-order valence-electron chi connectivity index (χ0n) is 13.6. The van der Waals surface area contributed by atoms with Crippen LogP contribution in [0.1, 0.15) is 17.5 Å². The number of carbonyl (C=O) groups is 2. The Morgan fingerprint density at radius 1 is 1.12 bits per heavy atom. The second kappa shape index (κ2) is 6.65. The molecule has 1 aliphatic rings. The fourth-order valence-corrected chi connectivity index (χ4v) is 3.15. The SMILES string of the molecule is Cc1cccc(C)c1OC(=O)[C@H]1CC(=O)N(c2ccccc2Cl)C1. The van der Waals surface area contributed by atoms with Crippen LogP contribution in [0.5, 0.6) is 5.75 Å². The van der Waals surface area contributed by atoms with Gasteiger partial charge in [-0.1, -0.05) is 41.9 Å². The van der Waals surface area contributed by atoms with Crippen molar-refractivity contribution in [2.45, 2.75) is 20.3 Å². The van der Waals surface area contributed by atoms with Gasteiger partial charge in [-0.25, -0.2) is 0 Å². The molecule has 0 N–H and O–H groups in total. The van der Waals surface area contributed by atoms with Crippen LogP contribution in [-0.2, 0) is 9.59 Å². The third-order valence-corrected chi connectivity index (χ3v) is 4.53. The molecule has 1 heterocycles. The number of nitrogens with zero attached hydrogens (tertiary/aromatic N) is 1. The van der Waals surface area contributed by atoms with Crippen molar-refractivity contribution < 1.29 is 14.3 Å². The van der Waals surface area contributed by atoms with E-state index in [1.165, 1.54) is 0 Å². The molecule has 0 spiro atoms. The second-order valence-electron chi connectivity index (χ2n) is 6.00. The van der Waals surface area contributed by atoms with E-state index >= 15 is 0 Å². The number of ether oxygens (including phenoxy) is 1. The molecule has 2 aromatic rings. The van der Waals surface area contributed by atoms with E-state index in [4.69, 9.17) is 16.3 Å². The van der Waals surface area contributed by atoms with Gasteiger partial charge in [-0.3, -0.25) is 9.59 Å². The number of halogens is 1. The largest absolute Gasteiger partial charge is 0.426 e. The smallest absolute Gasteiger partial charge is 0.316 e. The van der Waals surface area contributed by atoms with Crippen LogP contribution in [0.4, 0.5) is 5.69 Å². The molecule has 24 heavy (non-hydrogen) atoms. The van der Waals surface area contributed by atoms with Crippen molar-refractivity contribution in [1.82, 2.24) is 0 Å². The molecule has 2 aromatic carbocycles. The number of para-hydroxylation sites is 2. The third-order valence-electron chi connectivity index (χ3n) is 4.21. The lowest BCUT2D eigenvalue weighted by Crippen LogP contribution is -2.27. The van der Waals surface area contributed by atoms with Gasteiger partial charge in [-0.05, 0) is 37.1 Å². The maximum absolute atomic E-state index is 12.5. The number of hydrogen-bond donors (Lipinski definition) is 0. The zero-order chi connectivity index (χ0) is 17.3. The molecular weight excluding hydrogens is 326 g/mol. The summed E-state index contributed by atoms with van der Waals surface area (Å²) in [5.41, 5.74) is 2.43. The van der Waals surface area contributed by atoms with Crippen LogP contribution in [0.25, 0.3) is 0 Å². The summed E-state index contributed by atoms with van der Waals surface area (Å²) in [7, 11) is 0. The molecule has 0 aromatic heterocycles. The fourth-order valence-electron chi connectivity index (χ4n) is 2.91. The van der Waals surface area contributed by atoms with Gasteiger partial charge in [-0.15, -0.1) is 0 Å². The highest BCUT2D eigenvalue weighted by molar-refractivity contribution is 6.33. The predicted octanol–water partition coefficient (Wildman–Crippen LogP) is 3.92. The summed E-state index contributed by atoms with van der Waals surface area (Å²) in [6.45, 7) is 4.07. The van der Waals surface area contributed by atoms with Crippen molar-refractivity contribution in [1.29, 1.82) is 0 Å². The molecule has 1 saturated heterocycles. The Balaban J connectivity index is 1.76. The van der Waals surface area contributed by atoms with Crippen LogP contribution in [0.3, 0.4) is 0 Å². The van der Waals surface area contributed by atoms with E-state index in [-0.39, 0.29) is 24.8 Å². The van der Waals surface area contributed by atoms with Gasteiger partial charge in [0.15, 0.2) is 0 Å². The lowest BCUT2D eigenvalue weighted by Gasteiger charge is -2.18. The van der Waals surface area contributed by atoms with Gasteiger partial charge >= 0.3 is 5.97 Å². The fraction of sp³-hybridized carbons (Fsp3) is 0.263. The number of benzene rings is 2. The summed E-state index contributed by atoms with van der Waals surface area (Å²) in [6.07, 6.45) is 0.134. The summed E-state index contributed by atoms with van der Waals surface area (Å²) >= 11 is 6.16. The highest BCUT2D eigenvalue weighted by Gasteiger charge is 2.37. The Bertz CT molecular complexity index is 783. The molecular formula is C19H18ClNO3. The van der Waals surface area contributed by atoms with E-state index in [0.29, 0.717) is 16.5 Å². The standard InChI is InChI=1S/C19H18ClNO3/c1-12-6-5-7-13(2)18(12)24-19(23)14-10-17(22)21(11-14)16-9-4-3-8-15(16)20/h3-9,14H,10-11H2,1-2H3/t14-/m0/s1. The quantitative estimate of drug-likeness (QED) is 0.627. The number of rotatable bonds is 3. The monoisotopic (exact) mass is 343 g/mol. The molecule has 0 radical (unpaired) electrons. The van der Waals surface area contributed by atoms with Crippen LogP contribution in [-0.4, -0.2) is 18.4 Å². The zero-order valence-corrected chi connectivity index (χ0v) is 14.3. The normalized spacial score (nSPS) is 17.2. The second-order valence-corrected chi connectivity index (χ2v) is 6.41. The van der Waals surface area contributed by atoms with Crippen molar-refractivity contribution in [2.75, 3.05) is 11.4 Å². The molecule has 0 bridgehead atoms. The Kier molecular flexibility index (Phi) is 4.58. The Morgan fingerprint density at radius 3 is 2.46 bits per heavy atom. The number of amides is 1. The minimum absolute atomic E-state index is 0.119. The van der Waals surface area contributed by atoms with Crippen LogP contribution < -0.4 is 9.64 Å². The van der Waals surface area contributed by atoms with Gasteiger partial charge in [-0.2, -0.15) is 0 Å². The van der Waals surface area contributed by atoms with Crippen LogP contribution in [0.2, 0.25) is 5.02 Å². The molecule has 0 aliphatic carbocycles. The van der Waals surface area contributed by atoms with Crippen LogP contribution >= 0.6 is 11.6 Å². The minimum Gasteiger partial charge on any atom is -0.426 e. The third kappa shape index (κ3) is 3.15. The molecule has 124 valence electrons. The van der Waals surface area contributed by atoms with E-state index in [0.717, 1.165) is 11.1 Å². The van der Waals surface area contributed by atoms with Crippen molar-refractivity contribution in [3.63, 3.8) is 0 Å². The molecule has 1 fully saturated rings. The van der Waals surface area contributed by atoms with E-state index in [1.807, 2.05) is 38.1 Å². The first-order chi connectivity index (χ1) is 11.5. The highest BCUT2D eigenvalue weighted by atomic mass is 35.5. The Morgan fingerprint density at radius 2 is 1.79 bits per heavy atom. The maximum Gasteiger partial charge on any atom is 0.316 e. The topological polar surface area (TPSA) is 46.6 Å². The van der Waals surface area contributed by atoms with Crippen molar-refractivity contribution in [3.8, 4) is 5.75 Å². The van der Waals surface area contributed by atoms with Gasteiger partial charge < -0.3 is 9.64 Å². The van der Waals surface area contributed by atoms with E-state index in [2.05, 4.69) is 0 Å². The Labute approximate surface area is 146 Å². The molecule has 1 atom stereocenters. The average molecular weight is 344 g/mol. The van der Waals surface area contributed by atoms with Crippen LogP contribution in [0.15, 0.2) is 42.5 Å². The van der Waals surface area contributed by atoms with E-state index < -0.39 is 5.92 Å². The van der Waals surface area contributed by atoms with Crippen molar-refractivity contribution in [3.05, 3.63) is 58.6 Å². The lowest BCUT2D eigenvalue weighted by atomic mass is 10.1. The number of anilines is 1. The maximum atomic E-state index is 12.5.